The van der Waals surface area contributed by atoms with Gasteiger partial charge in [-0.05, 0) is 48.4 Å². The lowest BCUT2D eigenvalue weighted by Crippen LogP contribution is -2.52. The van der Waals surface area contributed by atoms with Gasteiger partial charge in [0, 0.05) is 23.1 Å². The first-order chi connectivity index (χ1) is 12.0. The molecule has 0 spiro atoms. The molecule has 3 rings (SSSR count). The first kappa shape index (κ1) is 17.5. The number of hydrogen-bond acceptors (Lipinski definition) is 3. The molecule has 25 heavy (non-hydrogen) atoms. The van der Waals surface area contributed by atoms with Crippen molar-refractivity contribution in [1.29, 1.82) is 0 Å². The molecule has 0 aromatic heterocycles. The fourth-order valence-corrected chi connectivity index (χ4v) is 3.38. The van der Waals surface area contributed by atoms with Crippen LogP contribution < -0.4 is 9.64 Å². The summed E-state index contributed by atoms with van der Waals surface area (Å²) >= 11 is 3.43. The van der Waals surface area contributed by atoms with E-state index < -0.39 is 0 Å². The van der Waals surface area contributed by atoms with Gasteiger partial charge in [0.1, 0.15) is 5.75 Å². The number of urea groups is 1. The molecular formula is C19H19BrN2O3. The number of rotatable bonds is 4. The highest BCUT2D eigenvalue weighted by atomic mass is 79.9. The van der Waals surface area contributed by atoms with Crippen LogP contribution in [0, 0.1) is 6.92 Å². The van der Waals surface area contributed by atoms with E-state index in [9.17, 15) is 9.59 Å². The third-order valence-electron chi connectivity index (χ3n) is 4.26. The summed E-state index contributed by atoms with van der Waals surface area (Å²) < 4.78 is 6.10. The van der Waals surface area contributed by atoms with Crippen LogP contribution in [-0.4, -0.2) is 30.5 Å². The van der Waals surface area contributed by atoms with E-state index in [1.54, 1.807) is 12.0 Å². The molecule has 0 saturated carbocycles. The number of nitrogens with zero attached hydrogens (tertiary/aromatic N) is 2. The van der Waals surface area contributed by atoms with Gasteiger partial charge in [-0.15, -0.1) is 0 Å². The molecule has 1 saturated heterocycles. The van der Waals surface area contributed by atoms with Gasteiger partial charge in [0.15, 0.2) is 0 Å². The summed E-state index contributed by atoms with van der Waals surface area (Å²) in [6.45, 7) is 2.62. The minimum Gasteiger partial charge on any atom is -0.497 e. The molecule has 1 fully saturated rings. The Hall–Kier alpha value is -2.34. The first-order valence-electron chi connectivity index (χ1n) is 8.00. The second-order valence-corrected chi connectivity index (χ2v) is 6.86. The van der Waals surface area contributed by atoms with Crippen molar-refractivity contribution in [3.8, 4) is 5.75 Å². The van der Waals surface area contributed by atoms with Crippen molar-refractivity contribution in [2.24, 2.45) is 0 Å². The van der Waals surface area contributed by atoms with E-state index in [4.69, 9.17) is 4.74 Å². The standard InChI is InChI=1S/C19H19BrN2O3/c1-13-11-15(20)5-8-17(13)21-10-9-18(23)22(19(21)24)12-14-3-6-16(25-2)7-4-14/h3-8,11H,9-10,12H2,1-2H3. The molecule has 0 aliphatic carbocycles. The minimum absolute atomic E-state index is 0.146. The maximum absolute atomic E-state index is 12.9. The molecule has 0 N–H and O–H groups in total. The van der Waals surface area contributed by atoms with Crippen LogP contribution in [0.2, 0.25) is 0 Å². The maximum Gasteiger partial charge on any atom is 0.331 e. The Balaban J connectivity index is 1.83. The summed E-state index contributed by atoms with van der Waals surface area (Å²) in [6, 6.07) is 12.9. The van der Waals surface area contributed by atoms with Gasteiger partial charge in [-0.25, -0.2) is 4.79 Å². The monoisotopic (exact) mass is 402 g/mol. The molecule has 1 aliphatic heterocycles. The number of anilines is 1. The summed E-state index contributed by atoms with van der Waals surface area (Å²) in [5, 5.41) is 0. The van der Waals surface area contributed by atoms with Crippen LogP contribution in [0.5, 0.6) is 5.75 Å². The Bertz CT molecular complexity index is 805. The van der Waals surface area contributed by atoms with Gasteiger partial charge in [-0.1, -0.05) is 28.1 Å². The average molecular weight is 403 g/mol. The number of benzene rings is 2. The number of aryl methyl sites for hydroxylation is 1. The largest absolute Gasteiger partial charge is 0.497 e. The van der Waals surface area contributed by atoms with Crippen LogP contribution in [0.4, 0.5) is 10.5 Å². The molecule has 5 nitrogen and oxygen atoms in total. The van der Waals surface area contributed by atoms with Gasteiger partial charge in [-0.3, -0.25) is 14.6 Å². The van der Waals surface area contributed by atoms with Crippen molar-refractivity contribution in [3.05, 3.63) is 58.1 Å². The zero-order valence-corrected chi connectivity index (χ0v) is 15.7. The van der Waals surface area contributed by atoms with Gasteiger partial charge in [0.25, 0.3) is 0 Å². The lowest BCUT2D eigenvalue weighted by molar-refractivity contribution is -0.129. The van der Waals surface area contributed by atoms with Crippen molar-refractivity contribution in [2.75, 3.05) is 18.6 Å². The van der Waals surface area contributed by atoms with Crippen molar-refractivity contribution in [2.45, 2.75) is 19.9 Å². The van der Waals surface area contributed by atoms with E-state index in [1.165, 1.54) is 4.90 Å². The molecule has 0 radical (unpaired) electrons. The molecule has 2 aromatic rings. The van der Waals surface area contributed by atoms with E-state index in [-0.39, 0.29) is 18.5 Å². The zero-order chi connectivity index (χ0) is 18.0. The normalized spacial score (nSPS) is 14.8. The predicted octanol–water partition coefficient (Wildman–Crippen LogP) is 4.13. The third kappa shape index (κ3) is 3.69. The number of carbonyl (C=O) groups is 2. The highest BCUT2D eigenvalue weighted by Gasteiger charge is 2.33. The van der Waals surface area contributed by atoms with E-state index in [2.05, 4.69) is 15.9 Å². The molecule has 1 heterocycles. The Kier molecular flexibility index (Phi) is 5.08. The third-order valence-corrected chi connectivity index (χ3v) is 4.75. The van der Waals surface area contributed by atoms with Crippen molar-refractivity contribution in [3.63, 3.8) is 0 Å². The number of carbonyl (C=O) groups excluding carboxylic acids is 2. The smallest absolute Gasteiger partial charge is 0.331 e. The SMILES string of the molecule is COc1ccc(CN2C(=O)CCN(c3ccc(Br)cc3C)C2=O)cc1. The van der Waals surface area contributed by atoms with E-state index in [0.717, 1.165) is 27.0 Å². The van der Waals surface area contributed by atoms with Crippen LogP contribution >= 0.6 is 15.9 Å². The molecule has 0 bridgehead atoms. The van der Waals surface area contributed by atoms with Gasteiger partial charge < -0.3 is 4.74 Å². The molecule has 3 amide bonds. The summed E-state index contributed by atoms with van der Waals surface area (Å²) in [4.78, 5) is 28.2. The quantitative estimate of drug-likeness (QED) is 0.772. The summed E-state index contributed by atoms with van der Waals surface area (Å²) in [6.07, 6.45) is 0.317. The Morgan fingerprint density at radius 3 is 2.48 bits per heavy atom. The van der Waals surface area contributed by atoms with E-state index in [0.29, 0.717) is 13.0 Å². The number of amides is 3. The van der Waals surface area contributed by atoms with Crippen LogP contribution in [0.3, 0.4) is 0 Å². The second kappa shape index (κ2) is 7.27. The van der Waals surface area contributed by atoms with Crippen LogP contribution in [0.15, 0.2) is 46.9 Å². The van der Waals surface area contributed by atoms with Gasteiger partial charge in [0.2, 0.25) is 5.91 Å². The number of imide groups is 1. The average Bonchev–Trinajstić information content (AvgIpc) is 2.60. The summed E-state index contributed by atoms with van der Waals surface area (Å²) in [5.74, 6) is 0.596. The van der Waals surface area contributed by atoms with Crippen LogP contribution in [-0.2, 0) is 11.3 Å². The topological polar surface area (TPSA) is 49.9 Å². The van der Waals surface area contributed by atoms with Gasteiger partial charge >= 0.3 is 6.03 Å². The first-order valence-corrected chi connectivity index (χ1v) is 8.80. The maximum atomic E-state index is 12.9. The predicted molar refractivity (Wildman–Crippen MR) is 99.8 cm³/mol. The highest BCUT2D eigenvalue weighted by molar-refractivity contribution is 9.10. The van der Waals surface area contributed by atoms with E-state index >= 15 is 0 Å². The lowest BCUT2D eigenvalue weighted by atomic mass is 10.1. The van der Waals surface area contributed by atoms with Crippen molar-refractivity contribution >= 4 is 33.6 Å². The summed E-state index contributed by atoms with van der Waals surface area (Å²) in [5.41, 5.74) is 2.71. The minimum atomic E-state index is -0.280. The number of hydrogen-bond donors (Lipinski definition) is 0. The van der Waals surface area contributed by atoms with Crippen LogP contribution in [0.1, 0.15) is 17.5 Å². The van der Waals surface area contributed by atoms with E-state index in [1.807, 2.05) is 49.4 Å². The van der Waals surface area contributed by atoms with Crippen molar-refractivity contribution < 1.29 is 14.3 Å². The molecule has 2 aromatic carbocycles. The number of ether oxygens (including phenoxy) is 1. The lowest BCUT2D eigenvalue weighted by Gasteiger charge is -2.35. The summed E-state index contributed by atoms with van der Waals surface area (Å²) in [7, 11) is 1.60. The number of methoxy groups -OCH3 is 1. The van der Waals surface area contributed by atoms with Gasteiger partial charge in [0.05, 0.1) is 13.7 Å². The van der Waals surface area contributed by atoms with Crippen LogP contribution in [0.25, 0.3) is 0 Å². The fourth-order valence-electron chi connectivity index (χ4n) is 2.90. The second-order valence-electron chi connectivity index (χ2n) is 5.94. The molecule has 0 atom stereocenters. The molecule has 0 unspecified atom stereocenters. The molecule has 6 heteroatoms. The highest BCUT2D eigenvalue weighted by Crippen LogP contribution is 2.28. The Morgan fingerprint density at radius 1 is 1.12 bits per heavy atom. The molecule has 1 aliphatic rings. The zero-order valence-electron chi connectivity index (χ0n) is 14.2. The molecular weight excluding hydrogens is 384 g/mol. The Labute approximate surface area is 155 Å². The Morgan fingerprint density at radius 2 is 1.84 bits per heavy atom. The number of halogens is 1. The van der Waals surface area contributed by atoms with Crippen molar-refractivity contribution in [1.82, 2.24) is 4.90 Å². The molecule has 130 valence electrons. The fraction of sp³-hybridized carbons (Fsp3) is 0.263. The van der Waals surface area contributed by atoms with Gasteiger partial charge in [-0.2, -0.15) is 0 Å².